The average Bonchev–Trinajstić information content (AvgIpc) is 3.04. The van der Waals surface area contributed by atoms with Crippen molar-refractivity contribution in [3.63, 3.8) is 0 Å². The monoisotopic (exact) mass is 278 g/mol. The van der Waals surface area contributed by atoms with Gasteiger partial charge in [0.05, 0.1) is 12.2 Å². The molecule has 1 N–H and O–H groups in total. The first-order valence-electron chi connectivity index (χ1n) is 7.54. The summed E-state index contributed by atoms with van der Waals surface area (Å²) in [5.41, 5.74) is 0. The highest BCUT2D eigenvalue weighted by Gasteiger charge is 2.33. The molecular weight excluding hydrogens is 256 g/mol. The molecule has 3 heterocycles. The largest absolute Gasteiger partial charge is 0.372 e. The van der Waals surface area contributed by atoms with Crippen LogP contribution in [0, 0.1) is 0 Å². The van der Waals surface area contributed by atoms with Gasteiger partial charge in [-0.15, -0.1) is 11.3 Å². The van der Waals surface area contributed by atoms with Gasteiger partial charge in [-0.3, -0.25) is 4.90 Å². The third-order valence-electron chi connectivity index (χ3n) is 4.36. The number of nitrogens with zero attached hydrogens (tertiary/aromatic N) is 1. The predicted octanol–water partition coefficient (Wildman–Crippen LogP) is 2.36. The fourth-order valence-electron chi connectivity index (χ4n) is 3.18. The van der Waals surface area contributed by atoms with Crippen LogP contribution in [0.2, 0.25) is 0 Å². The van der Waals surface area contributed by atoms with Gasteiger partial charge in [0, 0.05) is 42.0 Å². The molecule has 3 aliphatic rings. The van der Waals surface area contributed by atoms with E-state index in [-0.39, 0.29) is 0 Å². The molecule has 2 atom stereocenters. The molecule has 4 heteroatoms. The summed E-state index contributed by atoms with van der Waals surface area (Å²) >= 11 is 1.97. The van der Waals surface area contributed by atoms with E-state index in [4.69, 9.17) is 4.74 Å². The molecule has 19 heavy (non-hydrogen) atoms. The van der Waals surface area contributed by atoms with E-state index in [1.165, 1.54) is 35.4 Å². The van der Waals surface area contributed by atoms with E-state index in [1.807, 2.05) is 11.3 Å². The zero-order valence-electron chi connectivity index (χ0n) is 11.3. The van der Waals surface area contributed by atoms with Gasteiger partial charge < -0.3 is 10.1 Å². The topological polar surface area (TPSA) is 24.5 Å². The molecule has 2 unspecified atom stereocenters. The second kappa shape index (κ2) is 5.17. The van der Waals surface area contributed by atoms with Gasteiger partial charge in [0.15, 0.2) is 0 Å². The number of ether oxygens (including phenoxy) is 1. The lowest BCUT2D eigenvalue weighted by molar-refractivity contribution is -0.0407. The van der Waals surface area contributed by atoms with Crippen molar-refractivity contribution >= 4 is 11.3 Å². The molecule has 4 rings (SSSR count). The van der Waals surface area contributed by atoms with Crippen molar-refractivity contribution < 1.29 is 4.74 Å². The van der Waals surface area contributed by atoms with Crippen molar-refractivity contribution in [2.24, 2.45) is 0 Å². The van der Waals surface area contributed by atoms with Crippen molar-refractivity contribution in [2.45, 2.75) is 57.0 Å². The smallest absolute Gasteiger partial charge is 0.0707 e. The summed E-state index contributed by atoms with van der Waals surface area (Å²) < 4.78 is 5.89. The van der Waals surface area contributed by atoms with Crippen molar-refractivity contribution in [1.29, 1.82) is 0 Å². The van der Waals surface area contributed by atoms with E-state index in [0.29, 0.717) is 12.2 Å². The number of rotatable bonds is 5. The van der Waals surface area contributed by atoms with Gasteiger partial charge in [0.1, 0.15) is 0 Å². The summed E-state index contributed by atoms with van der Waals surface area (Å²) in [6.45, 7) is 4.43. The predicted molar refractivity (Wildman–Crippen MR) is 77.4 cm³/mol. The fourth-order valence-corrected chi connectivity index (χ4v) is 4.19. The maximum absolute atomic E-state index is 5.89. The molecule has 3 fully saturated rings. The lowest BCUT2D eigenvalue weighted by Gasteiger charge is -2.31. The molecule has 1 aromatic heterocycles. The van der Waals surface area contributed by atoms with Crippen LogP contribution in [0.4, 0.5) is 0 Å². The van der Waals surface area contributed by atoms with Gasteiger partial charge in [-0.2, -0.15) is 0 Å². The summed E-state index contributed by atoms with van der Waals surface area (Å²) in [5, 5.41) is 3.59. The van der Waals surface area contributed by atoms with E-state index in [2.05, 4.69) is 22.3 Å². The van der Waals surface area contributed by atoms with E-state index in [0.717, 1.165) is 32.2 Å². The molecule has 0 amide bonds. The van der Waals surface area contributed by atoms with Gasteiger partial charge in [-0.05, 0) is 37.8 Å². The van der Waals surface area contributed by atoms with E-state index in [1.54, 1.807) is 0 Å². The van der Waals surface area contributed by atoms with Gasteiger partial charge in [0.25, 0.3) is 0 Å². The lowest BCUT2D eigenvalue weighted by atomic mass is 10.2. The maximum Gasteiger partial charge on any atom is 0.0707 e. The van der Waals surface area contributed by atoms with Crippen LogP contribution < -0.4 is 5.32 Å². The summed E-state index contributed by atoms with van der Waals surface area (Å²) in [6.07, 6.45) is 6.29. The van der Waals surface area contributed by atoms with Crippen LogP contribution in [0.3, 0.4) is 0 Å². The molecular formula is C15H22N2OS. The Kier molecular flexibility index (Phi) is 3.35. The zero-order valence-corrected chi connectivity index (χ0v) is 12.1. The van der Waals surface area contributed by atoms with Crippen LogP contribution in [-0.4, -0.2) is 36.2 Å². The Morgan fingerprint density at radius 2 is 1.84 bits per heavy atom. The second-order valence-electron chi connectivity index (χ2n) is 6.17. The van der Waals surface area contributed by atoms with Crippen molar-refractivity contribution in [2.75, 3.05) is 13.1 Å². The molecule has 1 saturated carbocycles. The number of morpholine rings is 1. The summed E-state index contributed by atoms with van der Waals surface area (Å²) in [7, 11) is 0. The molecule has 1 aromatic rings. The molecule has 104 valence electrons. The van der Waals surface area contributed by atoms with E-state index < -0.39 is 0 Å². The molecule has 0 spiro atoms. The Bertz CT molecular complexity index is 431. The zero-order chi connectivity index (χ0) is 12.7. The van der Waals surface area contributed by atoms with E-state index >= 15 is 0 Å². The Balaban J connectivity index is 1.32. The summed E-state index contributed by atoms with van der Waals surface area (Å²) in [5.74, 6) is 0. The Morgan fingerprint density at radius 1 is 1.11 bits per heavy atom. The molecule has 2 saturated heterocycles. The summed E-state index contributed by atoms with van der Waals surface area (Å²) in [6, 6.07) is 5.41. The molecule has 0 radical (unpaired) electrons. The number of hydrogen-bond acceptors (Lipinski definition) is 4. The van der Waals surface area contributed by atoms with Gasteiger partial charge >= 0.3 is 0 Å². The first-order chi connectivity index (χ1) is 9.35. The third-order valence-corrected chi connectivity index (χ3v) is 5.43. The first-order valence-corrected chi connectivity index (χ1v) is 8.35. The van der Waals surface area contributed by atoms with Crippen LogP contribution in [0.5, 0.6) is 0 Å². The lowest BCUT2D eigenvalue weighted by Crippen LogP contribution is -2.41. The van der Waals surface area contributed by atoms with Crippen LogP contribution >= 0.6 is 11.3 Å². The Morgan fingerprint density at radius 3 is 2.58 bits per heavy atom. The molecule has 2 aliphatic heterocycles. The molecule has 0 aromatic carbocycles. The summed E-state index contributed by atoms with van der Waals surface area (Å²) in [4.78, 5) is 5.57. The molecule has 2 bridgehead atoms. The number of thiophene rings is 1. The highest BCUT2D eigenvalue weighted by Crippen LogP contribution is 2.28. The van der Waals surface area contributed by atoms with Gasteiger partial charge in [-0.1, -0.05) is 0 Å². The van der Waals surface area contributed by atoms with Crippen LogP contribution in [0.1, 0.15) is 35.4 Å². The number of likely N-dealkylation sites (tertiary alicyclic amines) is 1. The van der Waals surface area contributed by atoms with Crippen LogP contribution in [0.25, 0.3) is 0 Å². The molecule has 3 nitrogen and oxygen atoms in total. The third kappa shape index (κ3) is 3.02. The SMILES string of the molecule is c1cc(CN2CC3CCC(C2)O3)sc1CNC1CC1. The highest BCUT2D eigenvalue weighted by atomic mass is 32.1. The van der Waals surface area contributed by atoms with Crippen molar-refractivity contribution in [1.82, 2.24) is 10.2 Å². The minimum absolute atomic E-state index is 0.509. The normalized spacial score (nSPS) is 30.9. The minimum atomic E-state index is 0.509. The molecule has 1 aliphatic carbocycles. The average molecular weight is 278 g/mol. The Hall–Kier alpha value is -0.420. The maximum atomic E-state index is 5.89. The van der Waals surface area contributed by atoms with Gasteiger partial charge in [0.2, 0.25) is 0 Å². The van der Waals surface area contributed by atoms with Crippen molar-refractivity contribution in [3.05, 3.63) is 21.9 Å². The van der Waals surface area contributed by atoms with Crippen molar-refractivity contribution in [3.8, 4) is 0 Å². The van der Waals surface area contributed by atoms with Gasteiger partial charge in [-0.25, -0.2) is 0 Å². The highest BCUT2D eigenvalue weighted by molar-refractivity contribution is 7.11. The first kappa shape index (κ1) is 12.3. The van der Waals surface area contributed by atoms with Crippen LogP contribution in [0.15, 0.2) is 12.1 Å². The number of hydrogen-bond donors (Lipinski definition) is 1. The minimum Gasteiger partial charge on any atom is -0.372 e. The number of fused-ring (bicyclic) bond motifs is 2. The van der Waals surface area contributed by atoms with E-state index in [9.17, 15) is 0 Å². The Labute approximate surface area is 118 Å². The fraction of sp³-hybridized carbons (Fsp3) is 0.733. The number of nitrogens with one attached hydrogen (secondary N) is 1. The second-order valence-corrected chi connectivity index (χ2v) is 7.43. The van der Waals surface area contributed by atoms with Crippen LogP contribution in [-0.2, 0) is 17.8 Å². The quantitative estimate of drug-likeness (QED) is 0.895. The standard InChI is InChI=1S/C15H22N2OS/c1-2-11(1)16-7-14-5-6-15(19-14)10-17-8-12-3-4-13(9-17)18-12/h5-6,11-13,16H,1-4,7-10H2.